The standard InChI is InChI=1S/C30H27N2.C22H25BN3.Ir/c1-28(2)17-30(5)26-24(21-13-8-9-15-22(21)28)31-27-20-12-7-6-11-18(20)19-14-10-16-23(29(30,3)4)25(19)32(26)27;1-15(2)17-10-8-11-18(16(3)4)21(17)23-25(5)20-12-7-6-9-19(20)22-24-13-14-26(22)23;/h6-11,13-16H,17H2,1-5H3;6-8,10-16H,1-5H3;/q2*-1;. The average Bonchev–Trinajstić information content (AvgIpc) is 3.86. The van der Waals surface area contributed by atoms with E-state index in [4.69, 9.17) is 4.98 Å². The van der Waals surface area contributed by atoms with Gasteiger partial charge < -0.3 is 13.7 Å². The van der Waals surface area contributed by atoms with Gasteiger partial charge in [0.1, 0.15) is 0 Å². The van der Waals surface area contributed by atoms with Gasteiger partial charge in [-0.15, -0.1) is 53.9 Å². The number of fused-ring (bicyclic) bond motifs is 8. The molecule has 59 heavy (non-hydrogen) atoms. The van der Waals surface area contributed by atoms with E-state index in [1.807, 2.05) is 18.3 Å². The molecule has 5 nitrogen and oxygen atoms in total. The van der Waals surface area contributed by atoms with Crippen molar-refractivity contribution in [1.29, 1.82) is 0 Å². The summed E-state index contributed by atoms with van der Waals surface area (Å²) in [5.41, 5.74) is 15.4. The average molecular weight is 950 g/mol. The Morgan fingerprint density at radius 3 is 2.15 bits per heavy atom. The first-order chi connectivity index (χ1) is 27.8. The summed E-state index contributed by atoms with van der Waals surface area (Å²) in [5.74, 6) is 1.93. The van der Waals surface area contributed by atoms with Gasteiger partial charge in [-0.25, -0.2) is 0 Å². The van der Waals surface area contributed by atoms with Crippen molar-refractivity contribution in [2.24, 2.45) is 0 Å². The number of para-hydroxylation sites is 1. The number of anilines is 1. The molecule has 5 aromatic carbocycles. The molecular weight excluding hydrogens is 898 g/mol. The quantitative estimate of drug-likeness (QED) is 0.101. The van der Waals surface area contributed by atoms with E-state index in [9.17, 15) is 0 Å². The SMILES string of the molecule is CC(C)c1cccc(C(C)C)c1B1N(C)c2ccc[c-]c2-c2nccn21.CC1(C)CC2(C)c3c(nc4c5[c-]cccc5c5cccc(c5n34)C2(C)C)-c2ccccc21.[Ir]. The summed E-state index contributed by atoms with van der Waals surface area (Å²) in [7, 11) is 2.18. The van der Waals surface area contributed by atoms with Crippen LogP contribution in [0, 0.1) is 12.1 Å². The summed E-state index contributed by atoms with van der Waals surface area (Å²) < 4.78 is 4.80. The van der Waals surface area contributed by atoms with Crippen LogP contribution in [0.15, 0.2) is 109 Å². The van der Waals surface area contributed by atoms with Crippen molar-refractivity contribution in [3.05, 3.63) is 150 Å². The maximum Gasteiger partial charge on any atom is 0.399 e. The van der Waals surface area contributed by atoms with Gasteiger partial charge in [-0.05, 0) is 63.8 Å². The van der Waals surface area contributed by atoms with Crippen molar-refractivity contribution in [3.8, 4) is 22.6 Å². The minimum absolute atomic E-state index is 0. The van der Waals surface area contributed by atoms with Crippen molar-refractivity contribution in [3.63, 3.8) is 0 Å². The largest absolute Gasteiger partial charge is 0.436 e. The maximum atomic E-state index is 5.42. The summed E-state index contributed by atoms with van der Waals surface area (Å²) in [6.45, 7) is 21.4. The predicted molar refractivity (Wildman–Crippen MR) is 243 cm³/mol. The first-order valence-corrected chi connectivity index (χ1v) is 21.0. The van der Waals surface area contributed by atoms with Gasteiger partial charge in [-0.3, -0.25) is 9.97 Å². The zero-order valence-electron chi connectivity index (χ0n) is 35.9. The van der Waals surface area contributed by atoms with Gasteiger partial charge in [0.15, 0.2) is 0 Å². The van der Waals surface area contributed by atoms with Crippen molar-refractivity contribution in [2.75, 3.05) is 11.9 Å². The van der Waals surface area contributed by atoms with Gasteiger partial charge in [0.2, 0.25) is 0 Å². The molecule has 0 spiro atoms. The van der Waals surface area contributed by atoms with Crippen molar-refractivity contribution in [2.45, 2.75) is 96.8 Å². The van der Waals surface area contributed by atoms with Crippen LogP contribution in [0.3, 0.4) is 0 Å². The molecule has 0 N–H and O–H groups in total. The molecule has 3 aromatic heterocycles. The van der Waals surface area contributed by atoms with Crippen molar-refractivity contribution in [1.82, 2.24) is 18.8 Å². The number of pyridine rings is 1. The molecular formula is C52H52BIrN5-2. The number of aromatic nitrogens is 4. The number of hydrogen-bond donors (Lipinski definition) is 0. The third-order valence-electron chi connectivity index (χ3n) is 14.2. The molecule has 1 unspecified atom stereocenters. The molecule has 5 heterocycles. The third-order valence-corrected chi connectivity index (χ3v) is 14.2. The van der Waals surface area contributed by atoms with E-state index in [2.05, 4.69) is 191 Å². The van der Waals surface area contributed by atoms with Crippen LogP contribution < -0.4 is 10.3 Å². The zero-order valence-corrected chi connectivity index (χ0v) is 38.3. The molecule has 0 saturated heterocycles. The van der Waals surface area contributed by atoms with E-state index >= 15 is 0 Å². The molecule has 0 amide bonds. The molecule has 0 bridgehead atoms. The van der Waals surface area contributed by atoms with E-state index in [0.29, 0.717) is 11.8 Å². The van der Waals surface area contributed by atoms with Crippen LogP contribution >= 0.6 is 0 Å². The van der Waals surface area contributed by atoms with Crippen LogP contribution in [0.2, 0.25) is 0 Å². The summed E-state index contributed by atoms with van der Waals surface area (Å²) >= 11 is 0. The third kappa shape index (κ3) is 5.46. The second kappa shape index (κ2) is 13.8. The van der Waals surface area contributed by atoms with Crippen LogP contribution in [0.1, 0.15) is 109 Å². The Morgan fingerprint density at radius 1 is 0.746 bits per heavy atom. The molecule has 7 heteroatoms. The topological polar surface area (TPSA) is 38.4 Å². The van der Waals surface area contributed by atoms with Gasteiger partial charge in [0, 0.05) is 65.9 Å². The molecule has 8 aromatic rings. The molecule has 3 aliphatic rings. The molecule has 11 rings (SSSR count). The van der Waals surface area contributed by atoms with Crippen LogP contribution in [0.4, 0.5) is 5.69 Å². The van der Waals surface area contributed by atoms with Gasteiger partial charge in [-0.2, -0.15) is 0 Å². The Morgan fingerprint density at radius 2 is 1.41 bits per heavy atom. The molecule has 299 valence electrons. The van der Waals surface area contributed by atoms with E-state index < -0.39 is 0 Å². The second-order valence-corrected chi connectivity index (χ2v) is 18.9. The maximum absolute atomic E-state index is 5.42. The Balaban J connectivity index is 0.000000153. The van der Waals surface area contributed by atoms with Gasteiger partial charge >= 0.3 is 6.98 Å². The van der Waals surface area contributed by atoms with Crippen molar-refractivity contribution < 1.29 is 20.1 Å². The van der Waals surface area contributed by atoms with Crippen LogP contribution in [-0.4, -0.2) is 32.9 Å². The molecule has 2 aliphatic heterocycles. The van der Waals surface area contributed by atoms with Gasteiger partial charge in [0.25, 0.3) is 0 Å². The van der Waals surface area contributed by atoms with Crippen LogP contribution in [-0.2, 0) is 36.4 Å². The first kappa shape index (κ1) is 39.5. The fraction of sp³-hybridized carbons (Fsp3) is 0.308. The van der Waals surface area contributed by atoms with Gasteiger partial charge in [-0.1, -0.05) is 140 Å². The minimum atomic E-state index is -0.0754. The fourth-order valence-electron chi connectivity index (χ4n) is 11.2. The Hall–Kier alpha value is -4.97. The normalized spacial score (nSPS) is 18.0. The van der Waals surface area contributed by atoms with Crippen LogP contribution in [0.25, 0.3) is 50.0 Å². The monoisotopic (exact) mass is 950 g/mol. The molecule has 1 aliphatic carbocycles. The summed E-state index contributed by atoms with van der Waals surface area (Å²) in [4.78, 5) is 12.5. The Labute approximate surface area is 363 Å². The number of nitrogens with zero attached hydrogens (tertiary/aromatic N) is 5. The molecule has 0 fully saturated rings. The Bertz CT molecular complexity index is 2930. The minimum Gasteiger partial charge on any atom is -0.436 e. The van der Waals surface area contributed by atoms with E-state index in [1.165, 1.54) is 61.0 Å². The van der Waals surface area contributed by atoms with E-state index in [-0.39, 0.29) is 43.3 Å². The number of rotatable bonds is 3. The Kier molecular flexibility index (Phi) is 9.23. The van der Waals surface area contributed by atoms with Crippen molar-refractivity contribution >= 4 is 45.5 Å². The zero-order chi connectivity index (χ0) is 40.5. The van der Waals surface area contributed by atoms with E-state index in [0.717, 1.165) is 34.5 Å². The number of hydrogen-bond acceptors (Lipinski definition) is 3. The summed E-state index contributed by atoms with van der Waals surface area (Å²) in [5, 5.41) is 3.66. The smallest absolute Gasteiger partial charge is 0.399 e. The van der Waals surface area contributed by atoms with Crippen LogP contribution in [0.5, 0.6) is 0 Å². The first-order valence-electron chi connectivity index (χ1n) is 21.0. The molecule has 1 atom stereocenters. The fourth-order valence-corrected chi connectivity index (χ4v) is 11.2. The summed E-state index contributed by atoms with van der Waals surface area (Å²) in [6, 6.07) is 42.0. The molecule has 0 saturated carbocycles. The summed E-state index contributed by atoms with van der Waals surface area (Å²) in [6.07, 6.45) is 5.07. The predicted octanol–water partition coefficient (Wildman–Crippen LogP) is 11.6. The number of imidazole rings is 2. The second-order valence-electron chi connectivity index (χ2n) is 18.9. The molecule has 1 radical (unpaired) electrons. The van der Waals surface area contributed by atoms with Gasteiger partial charge in [0.05, 0.1) is 11.3 Å². The van der Waals surface area contributed by atoms with E-state index in [1.54, 1.807) is 0 Å². The number of benzene rings is 5.